The molecule has 1 aliphatic heterocycles. The fourth-order valence-electron chi connectivity index (χ4n) is 2.53. The van der Waals surface area contributed by atoms with Gasteiger partial charge in [0.25, 0.3) is 5.91 Å². The molecule has 0 saturated carbocycles. The number of benzene rings is 2. The summed E-state index contributed by atoms with van der Waals surface area (Å²) >= 11 is 1.45. The highest BCUT2D eigenvalue weighted by atomic mass is 32.1. The van der Waals surface area contributed by atoms with Crippen molar-refractivity contribution in [2.24, 2.45) is 0 Å². The van der Waals surface area contributed by atoms with E-state index in [0.29, 0.717) is 36.1 Å². The lowest BCUT2D eigenvalue weighted by molar-refractivity contribution is 0.102. The summed E-state index contributed by atoms with van der Waals surface area (Å²) in [5.41, 5.74) is 2.06. The molecule has 0 unspecified atom stereocenters. The minimum atomic E-state index is -0.243. The van der Waals surface area contributed by atoms with E-state index in [4.69, 9.17) is 9.47 Å². The van der Waals surface area contributed by atoms with Gasteiger partial charge >= 0.3 is 0 Å². The number of aromatic nitrogens is 1. The van der Waals surface area contributed by atoms with Crippen LogP contribution >= 0.6 is 11.3 Å². The third-order valence-electron chi connectivity index (χ3n) is 3.76. The Hall–Kier alpha value is -2.86. The zero-order valence-electron chi connectivity index (χ0n) is 13.4. The highest BCUT2D eigenvalue weighted by Crippen LogP contribution is 2.32. The predicted octanol–water partition coefficient (Wildman–Crippen LogP) is 4.22. The third kappa shape index (κ3) is 3.49. The molecule has 1 N–H and O–H groups in total. The first kappa shape index (κ1) is 15.7. The maximum absolute atomic E-state index is 12.5. The van der Waals surface area contributed by atoms with E-state index in [-0.39, 0.29) is 5.91 Å². The van der Waals surface area contributed by atoms with Crippen molar-refractivity contribution >= 4 is 22.9 Å². The monoisotopic (exact) mass is 352 g/mol. The van der Waals surface area contributed by atoms with Gasteiger partial charge in [-0.3, -0.25) is 4.79 Å². The minimum Gasteiger partial charge on any atom is -0.490 e. The predicted molar refractivity (Wildman–Crippen MR) is 97.6 cm³/mol. The van der Waals surface area contributed by atoms with Gasteiger partial charge in [-0.05, 0) is 12.1 Å². The summed E-state index contributed by atoms with van der Waals surface area (Å²) < 4.78 is 11.2. The minimum absolute atomic E-state index is 0.243. The molecule has 0 fully saturated rings. The van der Waals surface area contributed by atoms with Crippen molar-refractivity contribution in [3.63, 3.8) is 0 Å². The number of hydrogen-bond donors (Lipinski definition) is 1. The number of carbonyl (C=O) groups excluding carboxylic acids is 1. The van der Waals surface area contributed by atoms with Gasteiger partial charge in [0.1, 0.15) is 10.7 Å². The largest absolute Gasteiger partial charge is 0.490 e. The van der Waals surface area contributed by atoms with Crippen LogP contribution in [0.3, 0.4) is 0 Å². The van der Waals surface area contributed by atoms with Crippen molar-refractivity contribution < 1.29 is 14.3 Å². The standard InChI is InChI=1S/C19H16N2O3S/c22-18(15-12-25-19(21-15)13-5-2-1-3-6-13)20-14-7-8-16-17(11-14)24-10-4-9-23-16/h1-3,5-8,11-12H,4,9-10H2,(H,20,22). The van der Waals surface area contributed by atoms with Crippen molar-refractivity contribution in [1.82, 2.24) is 4.98 Å². The van der Waals surface area contributed by atoms with Crippen LogP contribution in [-0.2, 0) is 0 Å². The van der Waals surface area contributed by atoms with E-state index in [1.54, 1.807) is 17.5 Å². The maximum atomic E-state index is 12.5. The molecular formula is C19H16N2O3S. The molecule has 0 aliphatic carbocycles. The number of anilines is 1. The van der Waals surface area contributed by atoms with Gasteiger partial charge in [-0.25, -0.2) is 4.98 Å². The van der Waals surface area contributed by atoms with E-state index in [1.165, 1.54) is 11.3 Å². The summed E-state index contributed by atoms with van der Waals surface area (Å²) in [6.07, 6.45) is 0.845. The Morgan fingerprint density at radius 1 is 1.04 bits per heavy atom. The normalized spacial score (nSPS) is 13.1. The second-order valence-electron chi connectivity index (χ2n) is 5.57. The van der Waals surface area contributed by atoms with Crippen LogP contribution < -0.4 is 14.8 Å². The van der Waals surface area contributed by atoms with Gasteiger partial charge in [0.15, 0.2) is 11.5 Å². The number of thiazole rings is 1. The number of carbonyl (C=O) groups is 1. The number of fused-ring (bicyclic) bond motifs is 1. The molecule has 25 heavy (non-hydrogen) atoms. The molecular weight excluding hydrogens is 336 g/mol. The Kier molecular flexibility index (Phi) is 4.35. The van der Waals surface area contributed by atoms with Crippen molar-refractivity contribution in [2.75, 3.05) is 18.5 Å². The van der Waals surface area contributed by atoms with Gasteiger partial charge in [-0.2, -0.15) is 0 Å². The highest BCUT2D eigenvalue weighted by Gasteiger charge is 2.15. The Labute approximate surface area is 149 Å². The van der Waals surface area contributed by atoms with Gasteiger partial charge in [-0.15, -0.1) is 11.3 Å². The summed E-state index contributed by atoms with van der Waals surface area (Å²) in [7, 11) is 0. The first-order chi connectivity index (χ1) is 12.3. The third-order valence-corrected chi connectivity index (χ3v) is 4.65. The number of nitrogens with zero attached hydrogens (tertiary/aromatic N) is 1. The van der Waals surface area contributed by atoms with Crippen LogP contribution in [0.25, 0.3) is 10.6 Å². The first-order valence-corrected chi connectivity index (χ1v) is 8.89. The van der Waals surface area contributed by atoms with Crippen molar-refractivity contribution in [3.05, 3.63) is 59.6 Å². The van der Waals surface area contributed by atoms with E-state index in [9.17, 15) is 4.79 Å². The summed E-state index contributed by atoms with van der Waals surface area (Å²) in [6.45, 7) is 1.25. The highest BCUT2D eigenvalue weighted by molar-refractivity contribution is 7.13. The van der Waals surface area contributed by atoms with Crippen molar-refractivity contribution in [3.8, 4) is 22.1 Å². The molecule has 4 rings (SSSR count). The fourth-order valence-corrected chi connectivity index (χ4v) is 3.33. The number of ether oxygens (including phenoxy) is 2. The zero-order chi connectivity index (χ0) is 17.1. The number of nitrogens with one attached hydrogen (secondary N) is 1. The lowest BCUT2D eigenvalue weighted by Crippen LogP contribution is -2.12. The van der Waals surface area contributed by atoms with E-state index >= 15 is 0 Å². The number of rotatable bonds is 3. The molecule has 0 radical (unpaired) electrons. The van der Waals surface area contributed by atoms with E-state index in [1.807, 2.05) is 36.4 Å². The Morgan fingerprint density at radius 3 is 2.68 bits per heavy atom. The molecule has 0 saturated heterocycles. The summed E-state index contributed by atoms with van der Waals surface area (Å²) in [6, 6.07) is 15.2. The molecule has 2 heterocycles. The summed E-state index contributed by atoms with van der Waals surface area (Å²) in [5, 5.41) is 5.45. The maximum Gasteiger partial charge on any atom is 0.275 e. The van der Waals surface area contributed by atoms with Gasteiger partial charge in [-0.1, -0.05) is 30.3 Å². The molecule has 126 valence electrons. The molecule has 0 bridgehead atoms. The molecule has 1 aliphatic rings. The molecule has 1 amide bonds. The van der Waals surface area contributed by atoms with Crippen LogP contribution in [0.5, 0.6) is 11.5 Å². The van der Waals surface area contributed by atoms with Crippen molar-refractivity contribution in [2.45, 2.75) is 6.42 Å². The van der Waals surface area contributed by atoms with Gasteiger partial charge < -0.3 is 14.8 Å². The molecule has 0 spiro atoms. The average molecular weight is 352 g/mol. The molecule has 3 aromatic rings. The lowest BCUT2D eigenvalue weighted by Gasteiger charge is -2.09. The fraction of sp³-hybridized carbons (Fsp3) is 0.158. The molecule has 1 aromatic heterocycles. The van der Waals surface area contributed by atoms with Gasteiger partial charge in [0.2, 0.25) is 0 Å². The first-order valence-electron chi connectivity index (χ1n) is 8.01. The van der Waals surface area contributed by atoms with Crippen LogP contribution in [-0.4, -0.2) is 24.1 Å². The summed E-state index contributed by atoms with van der Waals surface area (Å²) in [5.74, 6) is 1.11. The van der Waals surface area contributed by atoms with Crippen molar-refractivity contribution in [1.29, 1.82) is 0 Å². The summed E-state index contributed by atoms with van der Waals surface area (Å²) in [4.78, 5) is 16.9. The second kappa shape index (κ2) is 6.94. The smallest absolute Gasteiger partial charge is 0.275 e. The van der Waals surface area contributed by atoms with Crippen LogP contribution in [0.1, 0.15) is 16.9 Å². The average Bonchev–Trinajstić information content (AvgIpc) is 3.03. The Morgan fingerprint density at radius 2 is 1.84 bits per heavy atom. The van der Waals surface area contributed by atoms with Crippen LogP contribution in [0.4, 0.5) is 5.69 Å². The molecule has 2 aromatic carbocycles. The van der Waals surface area contributed by atoms with Crippen LogP contribution in [0, 0.1) is 0 Å². The van der Waals surface area contributed by atoms with E-state index < -0.39 is 0 Å². The quantitative estimate of drug-likeness (QED) is 0.766. The Balaban J connectivity index is 1.51. The zero-order valence-corrected chi connectivity index (χ0v) is 14.2. The molecule has 0 atom stereocenters. The topological polar surface area (TPSA) is 60.5 Å². The number of hydrogen-bond acceptors (Lipinski definition) is 5. The molecule has 6 heteroatoms. The SMILES string of the molecule is O=C(Nc1ccc2c(c1)OCCCO2)c1csc(-c2ccccc2)n1. The van der Waals surface area contributed by atoms with Gasteiger partial charge in [0, 0.05) is 29.1 Å². The van der Waals surface area contributed by atoms with Crippen LogP contribution in [0.15, 0.2) is 53.9 Å². The Bertz CT molecular complexity index is 893. The lowest BCUT2D eigenvalue weighted by atomic mass is 10.2. The second-order valence-corrected chi connectivity index (χ2v) is 6.43. The van der Waals surface area contributed by atoms with Crippen LogP contribution in [0.2, 0.25) is 0 Å². The van der Waals surface area contributed by atoms with E-state index in [0.717, 1.165) is 17.0 Å². The van der Waals surface area contributed by atoms with Gasteiger partial charge in [0.05, 0.1) is 13.2 Å². The molecule has 5 nitrogen and oxygen atoms in total. The van der Waals surface area contributed by atoms with E-state index in [2.05, 4.69) is 10.3 Å². The number of amides is 1.